The molecule has 2 unspecified atom stereocenters. The van der Waals surface area contributed by atoms with E-state index in [-0.39, 0.29) is 17.7 Å². The Bertz CT molecular complexity index is 997. The van der Waals surface area contributed by atoms with E-state index in [9.17, 15) is 18.0 Å². The Hall–Kier alpha value is -1.64. The molecule has 0 saturated carbocycles. The Morgan fingerprint density at radius 2 is 2.03 bits per heavy atom. The first-order valence-corrected chi connectivity index (χ1v) is 12.2. The number of hydrogen-bond acceptors (Lipinski definition) is 4. The molecular formula is C22H22Cl2F3N3OS. The number of nitrogens with one attached hydrogen (secondary N) is 1. The number of carbonyl (C=O) groups excluding carboxylic acids is 1. The van der Waals surface area contributed by atoms with Crippen molar-refractivity contribution in [3.05, 3.63) is 57.3 Å². The molecule has 172 valence electrons. The van der Waals surface area contributed by atoms with Gasteiger partial charge in [-0.1, -0.05) is 29.3 Å². The molecule has 4 rings (SSSR count). The zero-order valence-electron chi connectivity index (χ0n) is 17.3. The van der Waals surface area contributed by atoms with Gasteiger partial charge in [0.25, 0.3) is 0 Å². The highest BCUT2D eigenvalue weighted by molar-refractivity contribution is 7.99. The first-order chi connectivity index (χ1) is 15.1. The highest BCUT2D eigenvalue weighted by Gasteiger charge is 2.47. The minimum Gasteiger partial charge on any atom is -0.380 e. The molecule has 1 aliphatic carbocycles. The molecule has 2 aliphatic rings. The minimum atomic E-state index is -4.62. The number of amides is 1. The molecule has 4 nitrogen and oxygen atoms in total. The van der Waals surface area contributed by atoms with Gasteiger partial charge < -0.3 is 10.2 Å². The summed E-state index contributed by atoms with van der Waals surface area (Å²) in [5, 5.41) is 4.36. The van der Waals surface area contributed by atoms with Crippen molar-refractivity contribution in [2.75, 3.05) is 23.9 Å². The molecule has 0 spiro atoms. The van der Waals surface area contributed by atoms with E-state index in [0.717, 1.165) is 28.2 Å². The van der Waals surface area contributed by atoms with Crippen molar-refractivity contribution in [1.82, 2.24) is 9.88 Å². The number of benzene rings is 1. The third-order valence-corrected chi connectivity index (χ3v) is 7.98. The first-order valence-electron chi connectivity index (χ1n) is 10.2. The van der Waals surface area contributed by atoms with E-state index in [1.165, 1.54) is 19.3 Å². The van der Waals surface area contributed by atoms with Crippen molar-refractivity contribution >= 4 is 46.6 Å². The van der Waals surface area contributed by atoms with E-state index < -0.39 is 18.1 Å². The maximum absolute atomic E-state index is 13.9. The zero-order valence-corrected chi connectivity index (χ0v) is 19.6. The molecule has 2 aromatic rings. The molecule has 0 radical (unpaired) electrons. The molecule has 1 aromatic heterocycles. The summed E-state index contributed by atoms with van der Waals surface area (Å²) in [6.07, 6.45) is -1.24. The third kappa shape index (κ3) is 4.82. The Labute approximate surface area is 198 Å². The number of thioether (sulfide) groups is 1. The molecule has 1 aromatic carbocycles. The van der Waals surface area contributed by atoms with Gasteiger partial charge in [-0.25, -0.2) is 0 Å². The van der Waals surface area contributed by atoms with Crippen LogP contribution in [0.3, 0.4) is 0 Å². The van der Waals surface area contributed by atoms with E-state index in [0.29, 0.717) is 34.3 Å². The lowest BCUT2D eigenvalue weighted by Crippen LogP contribution is -2.43. The molecule has 3 atom stereocenters. The van der Waals surface area contributed by atoms with Gasteiger partial charge in [-0.05, 0) is 54.3 Å². The van der Waals surface area contributed by atoms with Crippen molar-refractivity contribution in [2.24, 2.45) is 5.92 Å². The van der Waals surface area contributed by atoms with Crippen LogP contribution < -0.4 is 5.32 Å². The lowest BCUT2D eigenvalue weighted by Gasteiger charge is -2.31. The van der Waals surface area contributed by atoms with Crippen molar-refractivity contribution in [2.45, 2.75) is 37.5 Å². The largest absolute Gasteiger partial charge is 0.414 e. The molecular weight excluding hydrogens is 482 g/mol. The average molecular weight is 504 g/mol. The Kier molecular flexibility index (Phi) is 6.84. The molecule has 0 bridgehead atoms. The average Bonchev–Trinajstić information content (AvgIpc) is 3.41. The second-order valence-electron chi connectivity index (χ2n) is 8.17. The summed E-state index contributed by atoms with van der Waals surface area (Å²) in [4.78, 5) is 17.5. The van der Waals surface area contributed by atoms with Crippen LogP contribution in [0.2, 0.25) is 10.0 Å². The van der Waals surface area contributed by atoms with Crippen molar-refractivity contribution in [1.29, 1.82) is 0 Å². The maximum atomic E-state index is 13.9. The van der Waals surface area contributed by atoms with Crippen LogP contribution in [0.15, 0.2) is 30.5 Å². The normalized spacial score (nSPS) is 21.3. The molecule has 1 fully saturated rings. The number of fused-ring (bicyclic) bond motifs is 1. The molecule has 1 N–H and O–H groups in total. The van der Waals surface area contributed by atoms with Gasteiger partial charge in [0, 0.05) is 24.8 Å². The number of nitrogens with zero attached hydrogens (tertiary/aromatic N) is 2. The number of halogens is 5. The van der Waals surface area contributed by atoms with Crippen LogP contribution in [0.4, 0.5) is 18.9 Å². The predicted molar refractivity (Wildman–Crippen MR) is 123 cm³/mol. The summed E-state index contributed by atoms with van der Waals surface area (Å²) in [6, 6.07) is 4.57. The van der Waals surface area contributed by atoms with Gasteiger partial charge in [-0.2, -0.15) is 24.9 Å². The Morgan fingerprint density at radius 1 is 1.25 bits per heavy atom. The lowest BCUT2D eigenvalue weighted by atomic mass is 10.0. The maximum Gasteiger partial charge on any atom is 0.414 e. The van der Waals surface area contributed by atoms with E-state index in [2.05, 4.69) is 10.3 Å². The molecule has 32 heavy (non-hydrogen) atoms. The fraction of sp³-hybridized carbons (Fsp3) is 0.455. The standard InChI is InChI=1S/C22H22Cl2F3N3OS/c1-30(21(31)13-6-7-32-11-13)20(22(25,26)27)18-5-3-14(10-28-18)29-15-8-12-2-4-17(23)19(24)16(12)9-15/h2-5,10,13,15,20,29H,6-9,11H2,1H3/t13?,15?,20-/m0/s1. The van der Waals surface area contributed by atoms with Crippen LogP contribution in [-0.4, -0.2) is 46.6 Å². The Balaban J connectivity index is 1.47. The summed E-state index contributed by atoms with van der Waals surface area (Å²) in [7, 11) is 1.21. The van der Waals surface area contributed by atoms with Gasteiger partial charge in [-0.15, -0.1) is 0 Å². The highest BCUT2D eigenvalue weighted by Crippen LogP contribution is 2.39. The van der Waals surface area contributed by atoms with E-state index in [4.69, 9.17) is 23.2 Å². The monoisotopic (exact) mass is 503 g/mol. The number of aromatic nitrogens is 1. The molecule has 1 saturated heterocycles. The van der Waals surface area contributed by atoms with Crippen LogP contribution in [0.25, 0.3) is 0 Å². The third-order valence-electron chi connectivity index (χ3n) is 5.97. The van der Waals surface area contributed by atoms with Gasteiger partial charge in [0.05, 0.1) is 27.6 Å². The topological polar surface area (TPSA) is 45.2 Å². The lowest BCUT2D eigenvalue weighted by molar-refractivity contribution is -0.191. The quantitative estimate of drug-likeness (QED) is 0.561. The number of pyridine rings is 1. The molecule has 10 heteroatoms. The molecule has 1 amide bonds. The van der Waals surface area contributed by atoms with Crippen LogP contribution in [0, 0.1) is 5.92 Å². The van der Waals surface area contributed by atoms with E-state index >= 15 is 0 Å². The summed E-state index contributed by atoms with van der Waals surface area (Å²) in [6.45, 7) is 0. The Morgan fingerprint density at radius 3 is 2.66 bits per heavy atom. The first kappa shape index (κ1) is 23.5. The second-order valence-corrected chi connectivity index (χ2v) is 10.1. The van der Waals surface area contributed by atoms with Gasteiger partial charge >= 0.3 is 6.18 Å². The smallest absolute Gasteiger partial charge is 0.380 e. The fourth-order valence-electron chi connectivity index (χ4n) is 4.35. The minimum absolute atomic E-state index is 0.0381. The van der Waals surface area contributed by atoms with Crippen LogP contribution in [0.1, 0.15) is 29.3 Å². The summed E-state index contributed by atoms with van der Waals surface area (Å²) in [5.74, 6) is 0.492. The SMILES string of the molecule is CN(C(=O)C1CCSC1)[C@@H](c1ccc(NC2Cc3ccc(Cl)c(Cl)c3C2)cn1)C(F)(F)F. The number of alkyl halides is 3. The van der Waals surface area contributed by atoms with Crippen LogP contribution in [-0.2, 0) is 17.6 Å². The molecule has 1 aliphatic heterocycles. The predicted octanol–water partition coefficient (Wildman–Crippen LogP) is 5.78. The van der Waals surface area contributed by atoms with Gasteiger partial charge in [0.2, 0.25) is 5.91 Å². The van der Waals surface area contributed by atoms with Crippen molar-refractivity contribution in [3.63, 3.8) is 0 Å². The summed E-state index contributed by atoms with van der Waals surface area (Å²) in [5.41, 5.74) is 2.50. The number of anilines is 1. The summed E-state index contributed by atoms with van der Waals surface area (Å²) < 4.78 is 41.6. The van der Waals surface area contributed by atoms with Gasteiger partial charge in [0.15, 0.2) is 6.04 Å². The van der Waals surface area contributed by atoms with Gasteiger partial charge in [0.1, 0.15) is 0 Å². The fourth-order valence-corrected chi connectivity index (χ4v) is 6.00. The van der Waals surface area contributed by atoms with E-state index in [1.807, 2.05) is 6.07 Å². The number of hydrogen-bond donors (Lipinski definition) is 1. The van der Waals surface area contributed by atoms with E-state index in [1.54, 1.807) is 23.9 Å². The summed E-state index contributed by atoms with van der Waals surface area (Å²) >= 11 is 14.0. The zero-order chi connectivity index (χ0) is 23.0. The second kappa shape index (κ2) is 9.31. The molecule has 2 heterocycles. The van der Waals surface area contributed by atoms with Gasteiger partial charge in [-0.3, -0.25) is 9.78 Å². The highest BCUT2D eigenvalue weighted by atomic mass is 35.5. The van der Waals surface area contributed by atoms with Crippen LogP contribution in [0.5, 0.6) is 0 Å². The van der Waals surface area contributed by atoms with Crippen LogP contribution >= 0.6 is 35.0 Å². The number of carbonyl (C=O) groups is 1. The number of rotatable bonds is 5. The van der Waals surface area contributed by atoms with Crippen molar-refractivity contribution < 1.29 is 18.0 Å². The van der Waals surface area contributed by atoms with Crippen molar-refractivity contribution in [3.8, 4) is 0 Å².